The van der Waals surface area contributed by atoms with Gasteiger partial charge >= 0.3 is 10.1 Å². The van der Waals surface area contributed by atoms with Crippen LogP contribution < -0.4 is 13.7 Å². The molecule has 6 nitrogen and oxygen atoms in total. The molecule has 3 aromatic carbocycles. The molecule has 0 aromatic heterocycles. The molecule has 0 spiro atoms. The third-order valence-electron chi connectivity index (χ3n) is 4.38. The largest absolute Gasteiger partial charge is 0.496 e. The van der Waals surface area contributed by atoms with Crippen LogP contribution in [0.2, 0.25) is 0 Å². The summed E-state index contributed by atoms with van der Waals surface area (Å²) in [5.74, 6) is 0.676. The van der Waals surface area contributed by atoms with E-state index < -0.39 is 10.1 Å². The molecule has 0 saturated carbocycles. The first kappa shape index (κ1) is 20.2. The Morgan fingerprint density at radius 3 is 2.47 bits per heavy atom. The Bertz CT molecular complexity index is 1260. The minimum atomic E-state index is -4.02. The maximum Gasteiger partial charge on any atom is 0.339 e. The van der Waals surface area contributed by atoms with Gasteiger partial charge in [0, 0.05) is 16.1 Å². The zero-order valence-electron chi connectivity index (χ0n) is 15.7. The fourth-order valence-corrected chi connectivity index (χ4v) is 4.11. The molecule has 0 fully saturated rings. The average molecular weight is 487 g/mol. The first-order valence-corrected chi connectivity index (χ1v) is 11.0. The summed E-state index contributed by atoms with van der Waals surface area (Å²) in [4.78, 5) is 12.7. The number of ketones is 1. The number of halogens is 1. The van der Waals surface area contributed by atoms with Crippen LogP contribution in [0.3, 0.4) is 0 Å². The zero-order valence-corrected chi connectivity index (χ0v) is 18.1. The predicted octanol–water partition coefficient (Wildman–Crippen LogP) is 4.84. The first-order valence-electron chi connectivity index (χ1n) is 8.79. The molecular formula is C22H15BrO6S. The number of para-hydroxylation sites is 1. The minimum Gasteiger partial charge on any atom is -0.496 e. The second kappa shape index (κ2) is 7.97. The number of carbonyl (C=O) groups is 1. The van der Waals surface area contributed by atoms with Crippen molar-refractivity contribution >= 4 is 37.9 Å². The Kier molecular flexibility index (Phi) is 5.36. The van der Waals surface area contributed by atoms with Gasteiger partial charge < -0.3 is 13.7 Å². The van der Waals surface area contributed by atoms with Gasteiger partial charge in [0.15, 0.2) is 5.76 Å². The van der Waals surface area contributed by atoms with Crippen molar-refractivity contribution < 1.29 is 26.9 Å². The third-order valence-corrected chi connectivity index (χ3v) is 6.17. The van der Waals surface area contributed by atoms with E-state index in [2.05, 4.69) is 15.9 Å². The Morgan fingerprint density at radius 2 is 1.73 bits per heavy atom. The molecule has 0 saturated heterocycles. The van der Waals surface area contributed by atoms with Crippen LogP contribution >= 0.6 is 15.9 Å². The molecule has 1 aliphatic rings. The lowest BCUT2D eigenvalue weighted by atomic mass is 10.1. The van der Waals surface area contributed by atoms with Crippen LogP contribution in [0.5, 0.6) is 17.2 Å². The van der Waals surface area contributed by atoms with E-state index in [0.29, 0.717) is 16.9 Å². The van der Waals surface area contributed by atoms with E-state index in [1.165, 1.54) is 30.3 Å². The van der Waals surface area contributed by atoms with Crippen molar-refractivity contribution in [3.8, 4) is 17.2 Å². The summed E-state index contributed by atoms with van der Waals surface area (Å²) in [6.45, 7) is 0. The van der Waals surface area contributed by atoms with Gasteiger partial charge in [-0.2, -0.15) is 8.42 Å². The van der Waals surface area contributed by atoms with E-state index in [1.807, 2.05) is 12.1 Å². The molecule has 0 N–H and O–H groups in total. The lowest BCUT2D eigenvalue weighted by Crippen LogP contribution is -2.09. The molecule has 0 atom stereocenters. The number of Topliss-reactive ketones (excluding diaryl/α,β-unsaturated/α-hetero) is 1. The molecule has 0 radical (unpaired) electrons. The molecule has 0 aliphatic carbocycles. The summed E-state index contributed by atoms with van der Waals surface area (Å²) in [5.41, 5.74) is 1.01. The van der Waals surface area contributed by atoms with E-state index >= 15 is 0 Å². The van der Waals surface area contributed by atoms with E-state index in [9.17, 15) is 13.2 Å². The van der Waals surface area contributed by atoms with Crippen molar-refractivity contribution in [3.63, 3.8) is 0 Å². The molecule has 30 heavy (non-hydrogen) atoms. The summed E-state index contributed by atoms with van der Waals surface area (Å²) in [5, 5.41) is 0. The first-order chi connectivity index (χ1) is 14.4. The van der Waals surface area contributed by atoms with Gasteiger partial charge in [-0.05, 0) is 48.5 Å². The van der Waals surface area contributed by atoms with Gasteiger partial charge in [0.05, 0.1) is 12.7 Å². The average Bonchev–Trinajstić information content (AvgIpc) is 3.03. The molecule has 152 valence electrons. The van der Waals surface area contributed by atoms with Gasteiger partial charge in [0.25, 0.3) is 0 Å². The normalized spacial score (nSPS) is 14.3. The number of hydrogen-bond acceptors (Lipinski definition) is 6. The van der Waals surface area contributed by atoms with Gasteiger partial charge in [-0.3, -0.25) is 4.79 Å². The van der Waals surface area contributed by atoms with Crippen molar-refractivity contribution in [2.45, 2.75) is 4.90 Å². The second-order valence-electron chi connectivity index (χ2n) is 6.33. The maximum absolute atomic E-state index is 12.7. The number of fused-ring (bicyclic) bond motifs is 1. The van der Waals surface area contributed by atoms with Crippen LogP contribution in [-0.4, -0.2) is 21.3 Å². The summed E-state index contributed by atoms with van der Waals surface area (Å²) < 4.78 is 41.9. The molecule has 1 heterocycles. The molecular weight excluding hydrogens is 472 g/mol. The van der Waals surface area contributed by atoms with E-state index in [0.717, 1.165) is 4.47 Å². The van der Waals surface area contributed by atoms with Crippen molar-refractivity contribution in [1.82, 2.24) is 0 Å². The number of rotatable bonds is 5. The van der Waals surface area contributed by atoms with E-state index in [-0.39, 0.29) is 27.9 Å². The number of carbonyl (C=O) groups excluding carboxylic acids is 1. The van der Waals surface area contributed by atoms with E-state index in [1.54, 1.807) is 37.5 Å². The molecule has 0 amide bonds. The van der Waals surface area contributed by atoms with Crippen LogP contribution in [0.15, 0.2) is 81.9 Å². The lowest BCUT2D eigenvalue weighted by Gasteiger charge is -2.08. The molecule has 0 bridgehead atoms. The standard InChI is InChI=1S/C22H15BrO6S/c1-27-19-5-3-2-4-14(19)12-21-22(24)18-11-8-16(13-20(18)28-21)29-30(25,26)17-9-6-15(23)7-10-17/h2-13H,1H3. The molecule has 3 aromatic rings. The van der Waals surface area contributed by atoms with Crippen LogP contribution in [0, 0.1) is 0 Å². The highest BCUT2D eigenvalue weighted by atomic mass is 79.9. The maximum atomic E-state index is 12.7. The highest BCUT2D eigenvalue weighted by molar-refractivity contribution is 9.10. The second-order valence-corrected chi connectivity index (χ2v) is 8.79. The van der Waals surface area contributed by atoms with Crippen LogP contribution in [-0.2, 0) is 10.1 Å². The Labute approximate surface area is 182 Å². The molecule has 4 rings (SSSR count). The van der Waals surface area contributed by atoms with Gasteiger partial charge in [0.2, 0.25) is 5.78 Å². The lowest BCUT2D eigenvalue weighted by molar-refractivity contribution is 0.101. The minimum absolute atomic E-state index is 0.0138. The van der Waals surface area contributed by atoms with Crippen LogP contribution in [0.1, 0.15) is 15.9 Å². The molecule has 0 unspecified atom stereocenters. The Balaban J connectivity index is 1.61. The van der Waals surface area contributed by atoms with Crippen molar-refractivity contribution in [3.05, 3.63) is 88.1 Å². The quantitative estimate of drug-likeness (QED) is 0.379. The fraction of sp³-hybridized carbons (Fsp3) is 0.0455. The van der Waals surface area contributed by atoms with Crippen LogP contribution in [0.25, 0.3) is 6.08 Å². The topological polar surface area (TPSA) is 78.9 Å². The Hall–Kier alpha value is -3.10. The number of benzene rings is 3. The van der Waals surface area contributed by atoms with Gasteiger partial charge in [0.1, 0.15) is 22.1 Å². The number of hydrogen-bond donors (Lipinski definition) is 0. The summed E-state index contributed by atoms with van der Waals surface area (Å²) in [7, 11) is -2.48. The monoisotopic (exact) mass is 486 g/mol. The molecule has 1 aliphatic heterocycles. The predicted molar refractivity (Wildman–Crippen MR) is 114 cm³/mol. The van der Waals surface area contributed by atoms with Gasteiger partial charge in [-0.1, -0.05) is 34.1 Å². The summed E-state index contributed by atoms with van der Waals surface area (Å²) in [6.07, 6.45) is 1.58. The highest BCUT2D eigenvalue weighted by Gasteiger charge is 2.29. The third kappa shape index (κ3) is 3.96. The van der Waals surface area contributed by atoms with Gasteiger partial charge in [-0.25, -0.2) is 0 Å². The van der Waals surface area contributed by atoms with Gasteiger partial charge in [-0.15, -0.1) is 0 Å². The van der Waals surface area contributed by atoms with Crippen molar-refractivity contribution in [2.75, 3.05) is 7.11 Å². The summed E-state index contributed by atoms with van der Waals surface area (Å²) >= 11 is 3.26. The highest BCUT2D eigenvalue weighted by Crippen LogP contribution is 2.36. The smallest absolute Gasteiger partial charge is 0.339 e. The summed E-state index contributed by atoms with van der Waals surface area (Å²) in [6, 6.07) is 17.6. The van der Waals surface area contributed by atoms with E-state index in [4.69, 9.17) is 13.7 Å². The number of ether oxygens (including phenoxy) is 2. The number of methoxy groups -OCH3 is 1. The van der Waals surface area contributed by atoms with Crippen LogP contribution in [0.4, 0.5) is 0 Å². The Morgan fingerprint density at radius 1 is 1.00 bits per heavy atom. The zero-order chi connectivity index (χ0) is 21.3. The number of allylic oxidation sites excluding steroid dienone is 1. The molecule has 8 heteroatoms. The van der Waals surface area contributed by atoms with Crippen molar-refractivity contribution in [2.24, 2.45) is 0 Å². The van der Waals surface area contributed by atoms with Crippen molar-refractivity contribution in [1.29, 1.82) is 0 Å². The SMILES string of the molecule is COc1ccccc1C=C1Oc2cc(OS(=O)(=O)c3ccc(Br)cc3)ccc2C1=O. The fourth-order valence-electron chi connectivity index (χ4n) is 2.92.